The quantitative estimate of drug-likeness (QED) is 0.911. The number of carbonyl (C=O) groups excluding carboxylic acids is 1. The Morgan fingerprint density at radius 3 is 2.57 bits per heavy atom. The number of rotatable bonds is 2. The Balaban J connectivity index is 1.94. The maximum atomic E-state index is 13.4. The van der Waals surface area contributed by atoms with Gasteiger partial charge in [0.1, 0.15) is 10.7 Å². The van der Waals surface area contributed by atoms with Gasteiger partial charge in [-0.1, -0.05) is 6.07 Å². The van der Waals surface area contributed by atoms with Gasteiger partial charge in [0.15, 0.2) is 0 Å². The van der Waals surface area contributed by atoms with E-state index >= 15 is 0 Å². The molecule has 1 aliphatic heterocycles. The molecule has 2 heterocycles. The largest absolute Gasteiger partial charge is 0.477 e. The van der Waals surface area contributed by atoms with Crippen LogP contribution in [-0.4, -0.2) is 27.9 Å². The van der Waals surface area contributed by atoms with E-state index < -0.39 is 5.97 Å². The van der Waals surface area contributed by atoms with Gasteiger partial charge in [0.25, 0.3) is 5.91 Å². The normalized spacial score (nSPS) is 20.2. The van der Waals surface area contributed by atoms with Crippen molar-refractivity contribution in [3.8, 4) is 0 Å². The molecule has 6 heteroatoms. The number of aromatic carboxylic acids is 1. The van der Waals surface area contributed by atoms with Crippen molar-refractivity contribution in [2.24, 2.45) is 0 Å². The van der Waals surface area contributed by atoms with Crippen molar-refractivity contribution in [2.75, 3.05) is 0 Å². The molecular weight excluding hydrogens is 317 g/mol. The van der Waals surface area contributed by atoms with Crippen molar-refractivity contribution >= 4 is 23.2 Å². The summed E-state index contributed by atoms with van der Waals surface area (Å²) in [7, 11) is 0. The number of fused-ring (bicyclic) bond motifs is 1. The number of hydrogen-bond donors (Lipinski definition) is 1. The van der Waals surface area contributed by atoms with Gasteiger partial charge in [-0.2, -0.15) is 0 Å². The molecule has 23 heavy (non-hydrogen) atoms. The Bertz CT molecular complexity index is 786. The summed E-state index contributed by atoms with van der Waals surface area (Å²) in [6, 6.07) is 7.39. The van der Waals surface area contributed by atoms with Crippen LogP contribution >= 0.6 is 11.3 Å². The fourth-order valence-electron chi connectivity index (χ4n) is 3.18. The Morgan fingerprint density at radius 2 is 1.91 bits per heavy atom. The van der Waals surface area contributed by atoms with Crippen LogP contribution in [0.1, 0.15) is 50.4 Å². The topological polar surface area (TPSA) is 57.6 Å². The fourth-order valence-corrected chi connectivity index (χ4v) is 3.97. The number of carboxylic acid groups (broad SMARTS) is 1. The maximum Gasteiger partial charge on any atom is 0.345 e. The van der Waals surface area contributed by atoms with E-state index in [1.807, 2.05) is 13.8 Å². The van der Waals surface area contributed by atoms with E-state index in [-0.39, 0.29) is 28.7 Å². The summed E-state index contributed by atoms with van der Waals surface area (Å²) in [5.74, 6) is -1.49. The van der Waals surface area contributed by atoms with E-state index in [0.717, 1.165) is 22.5 Å². The van der Waals surface area contributed by atoms with Gasteiger partial charge < -0.3 is 10.0 Å². The number of hydrogen-bond acceptors (Lipinski definition) is 3. The molecule has 1 aromatic heterocycles. The number of thiophene rings is 1. The molecule has 1 aliphatic rings. The summed E-state index contributed by atoms with van der Waals surface area (Å²) in [5.41, 5.74) is 1.86. The minimum atomic E-state index is -1.03. The third-order valence-electron chi connectivity index (χ3n) is 4.22. The van der Waals surface area contributed by atoms with E-state index in [2.05, 4.69) is 0 Å². The molecular formula is C17H16FNO3S. The first kappa shape index (κ1) is 15.7. The lowest BCUT2D eigenvalue weighted by Crippen LogP contribution is -2.44. The highest BCUT2D eigenvalue weighted by Gasteiger charge is 2.34. The minimum Gasteiger partial charge on any atom is -0.477 e. The monoisotopic (exact) mass is 333 g/mol. The Hall–Kier alpha value is -2.21. The third-order valence-corrected chi connectivity index (χ3v) is 5.29. The van der Waals surface area contributed by atoms with E-state index in [9.17, 15) is 14.0 Å². The second kappa shape index (κ2) is 5.77. The summed E-state index contributed by atoms with van der Waals surface area (Å²) in [4.78, 5) is 26.1. The Labute approximate surface area is 137 Å². The zero-order chi connectivity index (χ0) is 16.7. The van der Waals surface area contributed by atoms with Gasteiger partial charge in [-0.3, -0.25) is 4.79 Å². The molecule has 2 unspecified atom stereocenters. The van der Waals surface area contributed by atoms with Gasteiger partial charge in [0.05, 0.1) is 10.9 Å². The number of carbonyl (C=O) groups is 2. The van der Waals surface area contributed by atoms with Crippen LogP contribution in [0.25, 0.3) is 0 Å². The molecule has 1 N–H and O–H groups in total. The summed E-state index contributed by atoms with van der Waals surface area (Å²) in [6.07, 6.45) is 0.584. The lowest BCUT2D eigenvalue weighted by molar-refractivity contribution is 0.0585. The van der Waals surface area contributed by atoms with E-state index in [1.54, 1.807) is 17.0 Å². The van der Waals surface area contributed by atoms with Crippen molar-refractivity contribution < 1.29 is 19.1 Å². The van der Waals surface area contributed by atoms with Crippen LogP contribution in [0.2, 0.25) is 0 Å². The first-order valence-corrected chi connectivity index (χ1v) is 8.14. The van der Waals surface area contributed by atoms with E-state index in [0.29, 0.717) is 11.3 Å². The predicted molar refractivity (Wildman–Crippen MR) is 85.4 cm³/mol. The molecule has 0 spiro atoms. The highest BCUT2D eigenvalue weighted by atomic mass is 32.1. The molecule has 3 rings (SSSR count). The summed E-state index contributed by atoms with van der Waals surface area (Å²) < 4.78 is 13.4. The smallest absolute Gasteiger partial charge is 0.345 e. The molecule has 0 saturated carbocycles. The molecule has 0 radical (unpaired) electrons. The van der Waals surface area contributed by atoms with Crippen molar-refractivity contribution in [2.45, 2.75) is 32.4 Å². The van der Waals surface area contributed by atoms with Crippen molar-refractivity contribution in [3.05, 3.63) is 57.0 Å². The number of benzene rings is 1. The van der Waals surface area contributed by atoms with Crippen LogP contribution in [0, 0.1) is 5.82 Å². The van der Waals surface area contributed by atoms with Crippen LogP contribution in [0.3, 0.4) is 0 Å². The van der Waals surface area contributed by atoms with Crippen LogP contribution in [0.4, 0.5) is 4.39 Å². The van der Waals surface area contributed by atoms with Crippen LogP contribution in [0.5, 0.6) is 0 Å². The molecule has 4 nitrogen and oxygen atoms in total. The third kappa shape index (κ3) is 2.74. The lowest BCUT2D eigenvalue weighted by Gasteiger charge is -2.40. The molecule has 0 bridgehead atoms. The van der Waals surface area contributed by atoms with Crippen LogP contribution < -0.4 is 0 Å². The van der Waals surface area contributed by atoms with Crippen LogP contribution in [0.15, 0.2) is 30.3 Å². The number of carboxylic acids is 1. The fraction of sp³-hybridized carbons (Fsp3) is 0.294. The molecule has 1 aromatic carbocycles. The molecule has 0 aliphatic carbocycles. The number of amides is 1. The van der Waals surface area contributed by atoms with Gasteiger partial charge in [0.2, 0.25) is 0 Å². The predicted octanol–water partition coefficient (Wildman–Crippen LogP) is 3.73. The molecule has 2 atom stereocenters. The highest BCUT2D eigenvalue weighted by Crippen LogP contribution is 2.35. The molecule has 0 fully saturated rings. The number of nitrogens with zero attached hydrogens (tertiary/aromatic N) is 1. The number of halogens is 1. The standard InChI is InChI=1S/C17H16FNO3S/c1-9-7-11-8-12(18)3-4-13(11)10(2)19(9)16(20)14-5-6-15(23-14)17(21)22/h3-6,8-10H,7H2,1-2H3,(H,21,22). The average molecular weight is 333 g/mol. The van der Waals surface area contributed by atoms with Crippen molar-refractivity contribution in [1.29, 1.82) is 0 Å². The zero-order valence-corrected chi connectivity index (χ0v) is 13.6. The lowest BCUT2D eigenvalue weighted by atomic mass is 9.89. The van der Waals surface area contributed by atoms with Crippen molar-refractivity contribution in [1.82, 2.24) is 4.90 Å². The van der Waals surface area contributed by atoms with Gasteiger partial charge in [-0.15, -0.1) is 11.3 Å². The van der Waals surface area contributed by atoms with Gasteiger partial charge in [-0.25, -0.2) is 9.18 Å². The van der Waals surface area contributed by atoms with E-state index in [4.69, 9.17) is 5.11 Å². The van der Waals surface area contributed by atoms with Crippen LogP contribution in [-0.2, 0) is 6.42 Å². The Kier molecular flexibility index (Phi) is 3.93. The summed E-state index contributed by atoms with van der Waals surface area (Å²) in [5, 5.41) is 9.00. The second-order valence-corrected chi connectivity index (χ2v) is 6.84. The molecule has 1 amide bonds. The minimum absolute atomic E-state index is 0.0813. The molecule has 120 valence electrons. The maximum absolute atomic E-state index is 13.4. The summed E-state index contributed by atoms with van der Waals surface area (Å²) >= 11 is 0.980. The average Bonchev–Trinajstić information content (AvgIpc) is 2.96. The van der Waals surface area contributed by atoms with Crippen molar-refractivity contribution in [3.63, 3.8) is 0 Å². The second-order valence-electron chi connectivity index (χ2n) is 5.75. The van der Waals surface area contributed by atoms with Gasteiger partial charge >= 0.3 is 5.97 Å². The zero-order valence-electron chi connectivity index (χ0n) is 12.7. The van der Waals surface area contributed by atoms with Gasteiger partial charge in [-0.05, 0) is 55.7 Å². The SMILES string of the molecule is CC1Cc2cc(F)ccc2C(C)N1C(=O)c1ccc(C(=O)O)s1. The van der Waals surface area contributed by atoms with E-state index in [1.165, 1.54) is 18.2 Å². The summed E-state index contributed by atoms with van der Waals surface area (Å²) in [6.45, 7) is 3.84. The first-order chi connectivity index (χ1) is 10.9. The molecule has 2 aromatic rings. The first-order valence-electron chi connectivity index (χ1n) is 7.32. The molecule has 0 saturated heterocycles. The Morgan fingerprint density at radius 1 is 1.22 bits per heavy atom. The highest BCUT2D eigenvalue weighted by molar-refractivity contribution is 7.15. The van der Waals surface area contributed by atoms with Gasteiger partial charge in [0, 0.05) is 6.04 Å².